The van der Waals surface area contributed by atoms with Crippen molar-refractivity contribution >= 4 is 11.6 Å². The largest absolute Gasteiger partial charge is 0.307 e. The molecule has 0 heterocycles. The number of rotatable bonds is 4. The average Bonchev–Trinajstić information content (AvgIpc) is 2.03. The van der Waals surface area contributed by atoms with E-state index >= 15 is 0 Å². The second kappa shape index (κ2) is 3.62. The highest BCUT2D eigenvalue weighted by atomic mass is 16.2. The molecule has 1 atom stereocenters. The van der Waals surface area contributed by atoms with E-state index in [9.17, 15) is 9.59 Å². The Bertz CT molecular complexity index is 177. The van der Waals surface area contributed by atoms with Crippen molar-refractivity contribution in [2.24, 2.45) is 0 Å². The second-order valence-corrected chi connectivity index (χ2v) is 2.85. The average molecular weight is 155 g/mol. The predicted molar refractivity (Wildman–Crippen MR) is 41.3 cm³/mol. The lowest BCUT2D eigenvalue weighted by Crippen LogP contribution is -2.51. The van der Waals surface area contributed by atoms with Crippen LogP contribution in [0.15, 0.2) is 0 Å². The monoisotopic (exact) mass is 155 g/mol. The van der Waals surface area contributed by atoms with Crippen LogP contribution in [-0.4, -0.2) is 24.2 Å². The minimum Gasteiger partial charge on any atom is -0.307 e. The van der Waals surface area contributed by atoms with Gasteiger partial charge in [-0.25, -0.2) is 0 Å². The van der Waals surface area contributed by atoms with E-state index in [0.29, 0.717) is 6.42 Å². The van der Waals surface area contributed by atoms with E-state index in [4.69, 9.17) is 0 Å². The molecule has 1 unspecified atom stereocenters. The maximum absolute atomic E-state index is 10.7. The van der Waals surface area contributed by atoms with Crippen molar-refractivity contribution in [3.63, 3.8) is 0 Å². The van der Waals surface area contributed by atoms with Gasteiger partial charge in [-0.3, -0.25) is 9.59 Å². The third-order valence-electron chi connectivity index (χ3n) is 1.90. The molecule has 1 N–H and O–H groups in total. The van der Waals surface area contributed by atoms with Crippen LogP contribution in [0.5, 0.6) is 0 Å². The molecule has 62 valence electrons. The van der Waals surface area contributed by atoms with Gasteiger partial charge in [0.1, 0.15) is 0 Å². The minimum atomic E-state index is -0.235. The number of nitrogens with one attached hydrogen (secondary N) is 1. The first-order chi connectivity index (χ1) is 5.25. The van der Waals surface area contributed by atoms with Crippen molar-refractivity contribution in [3.8, 4) is 0 Å². The van der Waals surface area contributed by atoms with Crippen LogP contribution in [0.4, 0.5) is 0 Å². The summed E-state index contributed by atoms with van der Waals surface area (Å²) < 4.78 is 0. The lowest BCUT2D eigenvalue weighted by atomic mass is 9.89. The third-order valence-corrected chi connectivity index (χ3v) is 1.90. The SMILES string of the molecule is CCCCNC1CC(=O)C1=O. The number of hydrogen-bond donors (Lipinski definition) is 1. The molecule has 1 aliphatic rings. The number of carbonyl (C=O) groups is 2. The van der Waals surface area contributed by atoms with Gasteiger partial charge in [-0.1, -0.05) is 13.3 Å². The lowest BCUT2D eigenvalue weighted by Gasteiger charge is -2.23. The summed E-state index contributed by atoms with van der Waals surface area (Å²) in [5.74, 6) is -0.458. The molecule has 1 saturated carbocycles. The molecular weight excluding hydrogens is 142 g/mol. The summed E-state index contributed by atoms with van der Waals surface area (Å²) in [4.78, 5) is 21.2. The Labute approximate surface area is 66.2 Å². The van der Waals surface area contributed by atoms with Crippen LogP contribution in [0.1, 0.15) is 26.2 Å². The minimum absolute atomic E-state index is 0.158. The Kier molecular flexibility index (Phi) is 2.76. The van der Waals surface area contributed by atoms with Gasteiger partial charge in [0.25, 0.3) is 0 Å². The molecule has 0 saturated heterocycles. The van der Waals surface area contributed by atoms with Gasteiger partial charge in [-0.2, -0.15) is 0 Å². The fraction of sp³-hybridized carbons (Fsp3) is 0.750. The molecular formula is C8H13NO2. The van der Waals surface area contributed by atoms with Crippen LogP contribution < -0.4 is 5.32 Å². The molecule has 0 aliphatic heterocycles. The van der Waals surface area contributed by atoms with Gasteiger partial charge in [-0.05, 0) is 13.0 Å². The maximum Gasteiger partial charge on any atom is 0.215 e. The predicted octanol–water partition coefficient (Wildman–Crippen LogP) is 0.287. The maximum atomic E-state index is 10.7. The van der Waals surface area contributed by atoms with Crippen molar-refractivity contribution < 1.29 is 9.59 Å². The van der Waals surface area contributed by atoms with E-state index in [1.54, 1.807) is 0 Å². The highest BCUT2D eigenvalue weighted by Crippen LogP contribution is 2.09. The Morgan fingerprint density at radius 1 is 1.55 bits per heavy atom. The molecule has 1 aliphatic carbocycles. The fourth-order valence-corrected chi connectivity index (χ4v) is 1.06. The Morgan fingerprint density at radius 2 is 2.27 bits per heavy atom. The summed E-state index contributed by atoms with van der Waals surface area (Å²) in [7, 11) is 0. The lowest BCUT2D eigenvalue weighted by molar-refractivity contribution is -0.144. The molecule has 0 aromatic carbocycles. The Hall–Kier alpha value is -0.700. The summed E-state index contributed by atoms with van der Waals surface area (Å²) in [5, 5.41) is 3.03. The van der Waals surface area contributed by atoms with Crippen molar-refractivity contribution in [1.29, 1.82) is 0 Å². The number of carbonyl (C=O) groups excluding carboxylic acids is 2. The molecule has 0 aromatic heterocycles. The topological polar surface area (TPSA) is 46.2 Å². The van der Waals surface area contributed by atoms with Crippen LogP contribution in [0.2, 0.25) is 0 Å². The summed E-state index contributed by atoms with van der Waals surface area (Å²) in [6, 6.07) is -0.158. The zero-order valence-corrected chi connectivity index (χ0v) is 6.72. The first-order valence-electron chi connectivity index (χ1n) is 4.06. The molecule has 3 heteroatoms. The van der Waals surface area contributed by atoms with Crippen LogP contribution in [-0.2, 0) is 9.59 Å². The molecule has 0 spiro atoms. The summed E-state index contributed by atoms with van der Waals surface area (Å²) >= 11 is 0. The van der Waals surface area contributed by atoms with Crippen LogP contribution in [0.3, 0.4) is 0 Å². The van der Waals surface area contributed by atoms with E-state index in [0.717, 1.165) is 19.4 Å². The van der Waals surface area contributed by atoms with Gasteiger partial charge in [0.15, 0.2) is 0 Å². The summed E-state index contributed by atoms with van der Waals surface area (Å²) in [6.45, 7) is 2.94. The molecule has 0 bridgehead atoms. The number of ketones is 2. The van der Waals surface area contributed by atoms with E-state index in [1.165, 1.54) is 0 Å². The van der Waals surface area contributed by atoms with Crippen LogP contribution in [0, 0.1) is 0 Å². The molecule has 11 heavy (non-hydrogen) atoms. The number of unbranched alkanes of at least 4 members (excludes halogenated alkanes) is 1. The fourth-order valence-electron chi connectivity index (χ4n) is 1.06. The van der Waals surface area contributed by atoms with E-state index in [2.05, 4.69) is 12.2 Å². The van der Waals surface area contributed by atoms with Gasteiger partial charge in [0.05, 0.1) is 6.04 Å². The van der Waals surface area contributed by atoms with Gasteiger partial charge in [0.2, 0.25) is 11.6 Å². The zero-order chi connectivity index (χ0) is 8.27. The smallest absolute Gasteiger partial charge is 0.215 e. The van der Waals surface area contributed by atoms with Gasteiger partial charge >= 0.3 is 0 Å². The quantitative estimate of drug-likeness (QED) is 0.468. The summed E-state index contributed by atoms with van der Waals surface area (Å²) in [5.41, 5.74) is 0. The van der Waals surface area contributed by atoms with E-state index in [1.807, 2.05) is 0 Å². The number of Topliss-reactive ketones (excluding diaryl/α,β-unsaturated/α-hetero) is 2. The van der Waals surface area contributed by atoms with Crippen molar-refractivity contribution in [2.75, 3.05) is 6.54 Å². The van der Waals surface area contributed by atoms with Gasteiger partial charge in [0, 0.05) is 6.42 Å². The molecule has 0 amide bonds. The van der Waals surface area contributed by atoms with Crippen molar-refractivity contribution in [1.82, 2.24) is 5.32 Å². The zero-order valence-electron chi connectivity index (χ0n) is 6.72. The molecule has 0 radical (unpaired) electrons. The number of hydrogen-bond acceptors (Lipinski definition) is 3. The first-order valence-corrected chi connectivity index (χ1v) is 4.06. The van der Waals surface area contributed by atoms with Gasteiger partial charge in [-0.15, -0.1) is 0 Å². The summed E-state index contributed by atoms with van der Waals surface area (Å²) in [6.07, 6.45) is 2.59. The highest BCUT2D eigenvalue weighted by Gasteiger charge is 2.36. The van der Waals surface area contributed by atoms with Crippen LogP contribution >= 0.6 is 0 Å². The standard InChI is InChI=1S/C8H13NO2/c1-2-3-4-9-6-5-7(10)8(6)11/h6,9H,2-5H2,1H3. The van der Waals surface area contributed by atoms with Crippen molar-refractivity contribution in [2.45, 2.75) is 32.2 Å². The normalized spacial score (nSPS) is 23.5. The molecule has 3 nitrogen and oxygen atoms in total. The van der Waals surface area contributed by atoms with Crippen molar-refractivity contribution in [3.05, 3.63) is 0 Å². The molecule has 1 rings (SSSR count). The highest BCUT2D eigenvalue weighted by molar-refractivity contribution is 6.46. The van der Waals surface area contributed by atoms with E-state index in [-0.39, 0.29) is 17.6 Å². The van der Waals surface area contributed by atoms with Gasteiger partial charge < -0.3 is 5.32 Å². The van der Waals surface area contributed by atoms with Crippen LogP contribution in [0.25, 0.3) is 0 Å². The third kappa shape index (κ3) is 1.87. The second-order valence-electron chi connectivity index (χ2n) is 2.85. The molecule has 0 aromatic rings. The Balaban J connectivity index is 2.10. The Morgan fingerprint density at radius 3 is 2.73 bits per heavy atom. The van der Waals surface area contributed by atoms with E-state index < -0.39 is 0 Å². The molecule has 1 fully saturated rings. The first kappa shape index (κ1) is 8.40.